The average Bonchev–Trinajstić information content (AvgIpc) is 3.06. The van der Waals surface area contributed by atoms with E-state index in [-0.39, 0.29) is 18.2 Å². The average molecular weight is 326 g/mol. The Morgan fingerprint density at radius 1 is 1.17 bits per heavy atom. The predicted molar refractivity (Wildman–Crippen MR) is 89.5 cm³/mol. The molecule has 6 nitrogen and oxygen atoms in total. The summed E-state index contributed by atoms with van der Waals surface area (Å²) in [6, 6.07) is 10.2. The third-order valence-electron chi connectivity index (χ3n) is 3.31. The molecule has 0 aliphatic rings. The van der Waals surface area contributed by atoms with Crippen LogP contribution in [0, 0.1) is 0 Å². The summed E-state index contributed by atoms with van der Waals surface area (Å²) in [4.78, 5) is 37.7. The molecule has 124 valence electrons. The molecule has 1 heterocycles. The lowest BCUT2D eigenvalue weighted by atomic mass is 10.1. The number of allylic oxidation sites excluding steroid dienone is 1. The van der Waals surface area contributed by atoms with Gasteiger partial charge in [0.25, 0.3) is 5.91 Å². The first kappa shape index (κ1) is 17.2. The number of hydrogen-bond donors (Lipinski definition) is 2. The third kappa shape index (κ3) is 4.42. The standard InChI is InChI=1S/C18H18N2O4/c1-12(21)7-8-14-9-10-16(20-14)17(22)19-11-13-5-3-4-6-15(13)18(23)24-2/h3-10,20H,11H2,1-2H3,(H,19,22)/b8-7+. The number of ether oxygens (including phenoxy) is 1. The van der Waals surface area contributed by atoms with Crippen LogP contribution in [0.15, 0.2) is 42.5 Å². The molecule has 0 radical (unpaired) electrons. The fraction of sp³-hybridized carbons (Fsp3) is 0.167. The second-order valence-corrected chi connectivity index (χ2v) is 5.10. The molecule has 0 fully saturated rings. The van der Waals surface area contributed by atoms with E-state index in [1.54, 1.807) is 42.5 Å². The van der Waals surface area contributed by atoms with Gasteiger partial charge in [-0.25, -0.2) is 4.79 Å². The summed E-state index contributed by atoms with van der Waals surface area (Å²) in [6.45, 7) is 1.65. The van der Waals surface area contributed by atoms with E-state index in [4.69, 9.17) is 4.74 Å². The zero-order valence-corrected chi connectivity index (χ0v) is 13.5. The number of rotatable bonds is 6. The summed E-state index contributed by atoms with van der Waals surface area (Å²) < 4.78 is 4.72. The molecule has 1 aromatic heterocycles. The molecule has 1 aromatic carbocycles. The fourth-order valence-corrected chi connectivity index (χ4v) is 2.10. The van der Waals surface area contributed by atoms with Crippen LogP contribution in [0.3, 0.4) is 0 Å². The molecule has 0 atom stereocenters. The number of amides is 1. The van der Waals surface area contributed by atoms with E-state index in [0.29, 0.717) is 22.5 Å². The zero-order chi connectivity index (χ0) is 17.5. The van der Waals surface area contributed by atoms with Gasteiger partial charge in [-0.05, 0) is 42.8 Å². The molecule has 0 saturated heterocycles. The Hall–Kier alpha value is -3.15. The van der Waals surface area contributed by atoms with Gasteiger partial charge in [0.1, 0.15) is 5.69 Å². The van der Waals surface area contributed by atoms with Crippen molar-refractivity contribution >= 4 is 23.7 Å². The van der Waals surface area contributed by atoms with E-state index in [9.17, 15) is 14.4 Å². The Kier molecular flexibility index (Phi) is 5.68. The minimum atomic E-state index is -0.448. The summed E-state index contributed by atoms with van der Waals surface area (Å²) >= 11 is 0. The van der Waals surface area contributed by atoms with Crippen LogP contribution in [0.4, 0.5) is 0 Å². The number of carbonyl (C=O) groups is 3. The highest BCUT2D eigenvalue weighted by atomic mass is 16.5. The molecule has 0 unspecified atom stereocenters. The van der Waals surface area contributed by atoms with E-state index < -0.39 is 5.97 Å². The molecule has 0 saturated carbocycles. The molecule has 2 aromatic rings. The lowest BCUT2D eigenvalue weighted by Crippen LogP contribution is -2.24. The lowest BCUT2D eigenvalue weighted by Gasteiger charge is -2.08. The molecule has 24 heavy (non-hydrogen) atoms. The number of aromatic nitrogens is 1. The van der Waals surface area contributed by atoms with E-state index in [1.807, 2.05) is 0 Å². The van der Waals surface area contributed by atoms with Crippen LogP contribution in [0.5, 0.6) is 0 Å². The van der Waals surface area contributed by atoms with Crippen LogP contribution in [0.2, 0.25) is 0 Å². The van der Waals surface area contributed by atoms with Crippen molar-refractivity contribution in [3.05, 3.63) is 65.0 Å². The summed E-state index contributed by atoms with van der Waals surface area (Å²) in [5, 5.41) is 2.74. The Labute approximate surface area is 139 Å². The van der Waals surface area contributed by atoms with Crippen molar-refractivity contribution in [2.24, 2.45) is 0 Å². The quantitative estimate of drug-likeness (QED) is 0.630. The summed E-state index contributed by atoms with van der Waals surface area (Å²) in [5.41, 5.74) is 2.11. The minimum absolute atomic E-state index is 0.0741. The van der Waals surface area contributed by atoms with E-state index in [0.717, 1.165) is 0 Å². The number of aromatic amines is 1. The third-order valence-corrected chi connectivity index (χ3v) is 3.31. The van der Waals surface area contributed by atoms with E-state index in [2.05, 4.69) is 10.3 Å². The maximum Gasteiger partial charge on any atom is 0.338 e. The van der Waals surface area contributed by atoms with Crippen LogP contribution in [-0.2, 0) is 16.1 Å². The smallest absolute Gasteiger partial charge is 0.338 e. The Morgan fingerprint density at radius 3 is 2.62 bits per heavy atom. The van der Waals surface area contributed by atoms with Crippen molar-refractivity contribution in [2.75, 3.05) is 7.11 Å². The number of ketones is 1. The van der Waals surface area contributed by atoms with Crippen molar-refractivity contribution in [3.8, 4) is 0 Å². The number of nitrogens with one attached hydrogen (secondary N) is 2. The normalized spacial score (nSPS) is 10.6. The van der Waals surface area contributed by atoms with Gasteiger partial charge in [-0.15, -0.1) is 0 Å². The predicted octanol–water partition coefficient (Wildman–Crippen LogP) is 2.33. The summed E-state index contributed by atoms with van der Waals surface area (Å²) in [7, 11) is 1.31. The van der Waals surface area contributed by atoms with Gasteiger partial charge in [0.05, 0.1) is 12.7 Å². The largest absolute Gasteiger partial charge is 0.465 e. The molecule has 6 heteroatoms. The topological polar surface area (TPSA) is 88.3 Å². The molecule has 1 amide bonds. The number of hydrogen-bond acceptors (Lipinski definition) is 4. The minimum Gasteiger partial charge on any atom is -0.465 e. The highest BCUT2D eigenvalue weighted by Gasteiger charge is 2.13. The highest BCUT2D eigenvalue weighted by Crippen LogP contribution is 2.10. The van der Waals surface area contributed by atoms with Crippen LogP contribution in [-0.4, -0.2) is 29.8 Å². The second-order valence-electron chi connectivity index (χ2n) is 5.10. The van der Waals surface area contributed by atoms with Crippen molar-refractivity contribution in [3.63, 3.8) is 0 Å². The van der Waals surface area contributed by atoms with Crippen LogP contribution >= 0.6 is 0 Å². The van der Waals surface area contributed by atoms with Gasteiger partial charge in [-0.3, -0.25) is 9.59 Å². The van der Waals surface area contributed by atoms with Gasteiger partial charge >= 0.3 is 5.97 Å². The first-order chi connectivity index (χ1) is 11.5. The first-order valence-electron chi connectivity index (χ1n) is 7.33. The molecule has 0 spiro atoms. The van der Waals surface area contributed by atoms with Crippen molar-refractivity contribution in [2.45, 2.75) is 13.5 Å². The van der Waals surface area contributed by atoms with Gasteiger partial charge in [0.15, 0.2) is 5.78 Å². The van der Waals surface area contributed by atoms with Crippen LogP contribution < -0.4 is 5.32 Å². The van der Waals surface area contributed by atoms with Gasteiger partial charge in [-0.1, -0.05) is 18.2 Å². The Bertz CT molecular complexity index is 790. The molecular formula is C18H18N2O4. The summed E-state index contributed by atoms with van der Waals surface area (Å²) in [6.07, 6.45) is 3.02. The maximum absolute atomic E-state index is 12.2. The monoisotopic (exact) mass is 326 g/mol. The molecule has 0 aliphatic carbocycles. The number of benzene rings is 1. The second kappa shape index (κ2) is 7.92. The van der Waals surface area contributed by atoms with Gasteiger partial charge in [-0.2, -0.15) is 0 Å². The van der Waals surface area contributed by atoms with Crippen LogP contribution in [0.25, 0.3) is 6.08 Å². The zero-order valence-electron chi connectivity index (χ0n) is 13.5. The Morgan fingerprint density at radius 2 is 1.92 bits per heavy atom. The first-order valence-corrected chi connectivity index (χ1v) is 7.33. The molecule has 0 aliphatic heterocycles. The number of esters is 1. The molecule has 0 bridgehead atoms. The number of H-pyrrole nitrogens is 1. The van der Waals surface area contributed by atoms with Crippen LogP contribution in [0.1, 0.15) is 39.0 Å². The summed E-state index contributed by atoms with van der Waals surface area (Å²) in [5.74, 6) is -0.830. The fourth-order valence-electron chi connectivity index (χ4n) is 2.10. The number of methoxy groups -OCH3 is 1. The SMILES string of the molecule is COC(=O)c1ccccc1CNC(=O)c1ccc(/C=C/C(C)=O)[nH]1. The maximum atomic E-state index is 12.2. The van der Waals surface area contributed by atoms with Gasteiger partial charge in [0, 0.05) is 12.2 Å². The molecular weight excluding hydrogens is 308 g/mol. The van der Waals surface area contributed by atoms with E-state index >= 15 is 0 Å². The van der Waals surface area contributed by atoms with Crippen molar-refractivity contribution in [1.82, 2.24) is 10.3 Å². The Balaban J connectivity index is 2.04. The van der Waals surface area contributed by atoms with Crippen molar-refractivity contribution < 1.29 is 19.1 Å². The van der Waals surface area contributed by atoms with Gasteiger partial charge < -0.3 is 15.0 Å². The highest BCUT2D eigenvalue weighted by molar-refractivity contribution is 5.94. The molecule has 2 rings (SSSR count). The van der Waals surface area contributed by atoms with Gasteiger partial charge in [0.2, 0.25) is 0 Å². The van der Waals surface area contributed by atoms with E-state index in [1.165, 1.54) is 20.1 Å². The lowest BCUT2D eigenvalue weighted by molar-refractivity contribution is -0.112. The van der Waals surface area contributed by atoms with Crippen molar-refractivity contribution in [1.29, 1.82) is 0 Å². The molecule has 2 N–H and O–H groups in total. The number of carbonyl (C=O) groups excluding carboxylic acids is 3.